The molecule has 0 bridgehead atoms. The molecule has 0 radical (unpaired) electrons. The second kappa shape index (κ2) is 8.54. The minimum atomic E-state index is -3.87. The van der Waals surface area contributed by atoms with Crippen LogP contribution < -0.4 is 9.62 Å². The van der Waals surface area contributed by atoms with E-state index in [0.29, 0.717) is 45.1 Å². The van der Waals surface area contributed by atoms with Crippen molar-refractivity contribution in [3.63, 3.8) is 0 Å². The molecular weight excluding hydrogens is 426 g/mol. The van der Waals surface area contributed by atoms with Crippen LogP contribution in [0.5, 0.6) is 0 Å². The summed E-state index contributed by atoms with van der Waals surface area (Å²) in [6.07, 6.45) is 1.69. The number of nitrogens with zero attached hydrogens (tertiary/aromatic N) is 2. The summed E-state index contributed by atoms with van der Waals surface area (Å²) in [5, 5.41) is 0. The van der Waals surface area contributed by atoms with E-state index >= 15 is 0 Å². The van der Waals surface area contributed by atoms with Gasteiger partial charge in [0.15, 0.2) is 0 Å². The Balaban J connectivity index is 1.56. The molecule has 2 saturated heterocycles. The second-order valence-electron chi connectivity index (χ2n) is 7.30. The van der Waals surface area contributed by atoms with Crippen LogP contribution in [0, 0.1) is 0 Å². The topological polar surface area (TPSA) is 96.0 Å². The van der Waals surface area contributed by atoms with E-state index in [2.05, 4.69) is 9.62 Å². The number of benzene rings is 2. The maximum absolute atomic E-state index is 12.9. The molecule has 0 saturated carbocycles. The molecular formula is C20H25N3O5S2. The Morgan fingerprint density at radius 1 is 0.767 bits per heavy atom. The highest BCUT2D eigenvalue weighted by Crippen LogP contribution is 2.29. The Labute approximate surface area is 177 Å². The summed E-state index contributed by atoms with van der Waals surface area (Å²) in [6, 6.07) is 12.6. The van der Waals surface area contributed by atoms with Crippen LogP contribution >= 0.6 is 0 Å². The predicted octanol–water partition coefficient (Wildman–Crippen LogP) is 2.11. The number of hydrogen-bond acceptors (Lipinski definition) is 6. The molecule has 1 N–H and O–H groups in total. The maximum atomic E-state index is 12.9. The molecule has 0 atom stereocenters. The molecule has 2 heterocycles. The van der Waals surface area contributed by atoms with Crippen LogP contribution in [0.1, 0.15) is 12.8 Å². The summed E-state index contributed by atoms with van der Waals surface area (Å²) in [5.41, 5.74) is 1.27. The summed E-state index contributed by atoms with van der Waals surface area (Å²) in [4.78, 5) is 2.20. The molecule has 4 rings (SSSR count). The summed E-state index contributed by atoms with van der Waals surface area (Å²) in [6.45, 7) is 3.55. The van der Waals surface area contributed by atoms with Crippen LogP contribution in [0.15, 0.2) is 58.3 Å². The molecule has 2 fully saturated rings. The number of anilines is 2. The van der Waals surface area contributed by atoms with Gasteiger partial charge in [-0.1, -0.05) is 12.1 Å². The fraction of sp³-hybridized carbons (Fsp3) is 0.400. The zero-order valence-corrected chi connectivity index (χ0v) is 18.2. The van der Waals surface area contributed by atoms with Crippen LogP contribution in [0.4, 0.5) is 11.4 Å². The third-order valence-corrected chi connectivity index (χ3v) is 8.63. The van der Waals surface area contributed by atoms with Crippen molar-refractivity contribution in [3.8, 4) is 0 Å². The van der Waals surface area contributed by atoms with Gasteiger partial charge in [-0.3, -0.25) is 4.72 Å². The third kappa shape index (κ3) is 4.31. The average molecular weight is 452 g/mol. The molecule has 2 aliphatic rings. The minimum Gasteiger partial charge on any atom is -0.378 e. The molecule has 2 aromatic rings. The SMILES string of the molecule is O=S(=O)(Nc1ccccc1N1CCOCC1)c1ccc(S(=O)(=O)N2CCCC2)cc1. The first-order chi connectivity index (χ1) is 14.4. The quantitative estimate of drug-likeness (QED) is 0.723. The van der Waals surface area contributed by atoms with Gasteiger partial charge >= 0.3 is 0 Å². The molecule has 0 aliphatic carbocycles. The summed E-state index contributed by atoms with van der Waals surface area (Å²) < 4.78 is 60.6. The molecule has 0 spiro atoms. The Hall–Kier alpha value is -2.14. The number of nitrogens with one attached hydrogen (secondary N) is 1. The Morgan fingerprint density at radius 3 is 2.03 bits per heavy atom. The zero-order chi connectivity index (χ0) is 21.2. The normalized spacial score (nSPS) is 18.5. The van der Waals surface area contributed by atoms with Gasteiger partial charge in [-0.25, -0.2) is 16.8 Å². The highest BCUT2D eigenvalue weighted by atomic mass is 32.2. The van der Waals surface area contributed by atoms with Gasteiger partial charge in [0, 0.05) is 26.2 Å². The highest BCUT2D eigenvalue weighted by Gasteiger charge is 2.28. The standard InChI is InChI=1S/C20H25N3O5S2/c24-29(25,21-19-5-1-2-6-20(19)22-13-15-28-16-14-22)17-7-9-18(10-8-17)30(26,27)23-11-3-4-12-23/h1-2,5-10,21H,3-4,11-16H2. The van der Waals surface area contributed by atoms with E-state index in [1.165, 1.54) is 28.6 Å². The van der Waals surface area contributed by atoms with Crippen molar-refractivity contribution >= 4 is 31.4 Å². The number of para-hydroxylation sites is 2. The first kappa shape index (κ1) is 21.1. The lowest BCUT2D eigenvalue weighted by atomic mass is 10.2. The van der Waals surface area contributed by atoms with Gasteiger partial charge in [-0.15, -0.1) is 0 Å². The van der Waals surface area contributed by atoms with Crippen molar-refractivity contribution in [2.45, 2.75) is 22.6 Å². The first-order valence-corrected chi connectivity index (χ1v) is 12.8. The predicted molar refractivity (Wildman–Crippen MR) is 115 cm³/mol. The number of morpholine rings is 1. The van der Waals surface area contributed by atoms with Crippen molar-refractivity contribution in [2.24, 2.45) is 0 Å². The first-order valence-electron chi connectivity index (χ1n) is 9.93. The number of rotatable bonds is 6. The number of ether oxygens (including phenoxy) is 1. The van der Waals surface area contributed by atoms with Gasteiger partial charge in [0.2, 0.25) is 10.0 Å². The number of hydrogen-bond donors (Lipinski definition) is 1. The highest BCUT2D eigenvalue weighted by molar-refractivity contribution is 7.92. The fourth-order valence-electron chi connectivity index (χ4n) is 3.71. The van der Waals surface area contributed by atoms with Gasteiger partial charge < -0.3 is 9.64 Å². The van der Waals surface area contributed by atoms with Crippen LogP contribution in [0.25, 0.3) is 0 Å². The van der Waals surface area contributed by atoms with E-state index in [-0.39, 0.29) is 9.79 Å². The smallest absolute Gasteiger partial charge is 0.261 e. The van der Waals surface area contributed by atoms with Crippen LogP contribution in [-0.2, 0) is 24.8 Å². The van der Waals surface area contributed by atoms with Gasteiger partial charge in [0.05, 0.1) is 34.4 Å². The van der Waals surface area contributed by atoms with Crippen molar-refractivity contribution in [1.82, 2.24) is 4.31 Å². The van der Waals surface area contributed by atoms with Crippen molar-refractivity contribution in [2.75, 3.05) is 49.0 Å². The van der Waals surface area contributed by atoms with Crippen LogP contribution in [0.3, 0.4) is 0 Å². The summed E-state index contributed by atoms with van der Waals surface area (Å²) >= 11 is 0. The van der Waals surface area contributed by atoms with E-state index in [4.69, 9.17) is 4.74 Å². The van der Waals surface area contributed by atoms with E-state index in [1.54, 1.807) is 12.1 Å². The van der Waals surface area contributed by atoms with Crippen LogP contribution in [0.2, 0.25) is 0 Å². The largest absolute Gasteiger partial charge is 0.378 e. The molecule has 2 aliphatic heterocycles. The minimum absolute atomic E-state index is 0.0136. The Bertz CT molecular complexity index is 1090. The average Bonchev–Trinajstić information content (AvgIpc) is 3.31. The van der Waals surface area contributed by atoms with Gasteiger partial charge in [-0.2, -0.15) is 4.31 Å². The molecule has 10 heteroatoms. The lowest BCUT2D eigenvalue weighted by Gasteiger charge is -2.30. The lowest BCUT2D eigenvalue weighted by molar-refractivity contribution is 0.123. The zero-order valence-electron chi connectivity index (χ0n) is 16.5. The molecule has 0 unspecified atom stereocenters. The van der Waals surface area contributed by atoms with E-state index in [0.717, 1.165) is 18.5 Å². The maximum Gasteiger partial charge on any atom is 0.261 e. The Kier molecular flexibility index (Phi) is 6.01. The molecule has 30 heavy (non-hydrogen) atoms. The van der Waals surface area contributed by atoms with Crippen LogP contribution in [-0.4, -0.2) is 60.5 Å². The molecule has 0 aromatic heterocycles. The molecule has 0 amide bonds. The summed E-state index contributed by atoms with van der Waals surface area (Å²) in [7, 11) is -7.45. The number of sulfonamides is 2. The summed E-state index contributed by atoms with van der Waals surface area (Å²) in [5.74, 6) is 0. The molecule has 8 nitrogen and oxygen atoms in total. The monoisotopic (exact) mass is 451 g/mol. The molecule has 2 aromatic carbocycles. The van der Waals surface area contributed by atoms with Gasteiger partial charge in [0.25, 0.3) is 10.0 Å². The van der Waals surface area contributed by atoms with E-state index < -0.39 is 20.0 Å². The van der Waals surface area contributed by atoms with Gasteiger partial charge in [-0.05, 0) is 49.2 Å². The third-order valence-electron chi connectivity index (χ3n) is 5.34. The fourth-order valence-corrected chi connectivity index (χ4v) is 6.30. The van der Waals surface area contributed by atoms with E-state index in [9.17, 15) is 16.8 Å². The lowest BCUT2D eigenvalue weighted by Crippen LogP contribution is -2.36. The van der Waals surface area contributed by atoms with Crippen molar-refractivity contribution in [3.05, 3.63) is 48.5 Å². The van der Waals surface area contributed by atoms with Gasteiger partial charge in [0.1, 0.15) is 0 Å². The van der Waals surface area contributed by atoms with Crippen molar-refractivity contribution in [1.29, 1.82) is 0 Å². The Morgan fingerprint density at radius 2 is 1.37 bits per heavy atom. The van der Waals surface area contributed by atoms with Crippen molar-refractivity contribution < 1.29 is 21.6 Å². The molecule has 162 valence electrons. The second-order valence-corrected chi connectivity index (χ2v) is 10.9. The van der Waals surface area contributed by atoms with E-state index in [1.807, 2.05) is 12.1 Å².